The van der Waals surface area contributed by atoms with Gasteiger partial charge in [0.25, 0.3) is 5.91 Å². The molecule has 1 fully saturated rings. The minimum Gasteiger partial charge on any atom is -0.481 e. The van der Waals surface area contributed by atoms with E-state index in [0.29, 0.717) is 5.56 Å². The first-order valence-electron chi connectivity index (χ1n) is 12.4. The molecule has 14 heteroatoms. The maximum atomic E-state index is 13.4. The van der Waals surface area contributed by atoms with Crippen molar-refractivity contribution in [2.75, 3.05) is 32.8 Å². The van der Waals surface area contributed by atoms with Crippen LogP contribution in [0.3, 0.4) is 0 Å². The Morgan fingerprint density at radius 3 is 2.41 bits per heavy atom. The number of rotatable bonds is 9. The molecular weight excluding hydrogens is 508 g/mol. The summed E-state index contributed by atoms with van der Waals surface area (Å²) < 4.78 is 6.38. The highest BCUT2D eigenvalue weighted by atomic mass is 16.6. The minimum atomic E-state index is -1.12. The number of benzene rings is 1. The second-order valence-corrected chi connectivity index (χ2v) is 8.62. The summed E-state index contributed by atoms with van der Waals surface area (Å²) in [4.78, 5) is 61.9. The summed E-state index contributed by atoms with van der Waals surface area (Å²) in [5, 5.41) is 19.6. The van der Waals surface area contributed by atoms with Crippen molar-refractivity contribution in [1.29, 1.82) is 0 Å². The first kappa shape index (κ1) is 27.2. The average Bonchev–Trinajstić information content (AvgIpc) is 3.50. The fourth-order valence-corrected chi connectivity index (χ4v) is 4.02. The number of nitrogens with one attached hydrogen (secondary N) is 1. The number of amides is 3. The van der Waals surface area contributed by atoms with E-state index >= 15 is 0 Å². The number of aromatic nitrogens is 5. The molecule has 0 bridgehead atoms. The highest BCUT2D eigenvalue weighted by Gasteiger charge is 2.31. The molecule has 3 heterocycles. The number of aliphatic carboxylic acids is 1. The second-order valence-electron chi connectivity index (χ2n) is 8.62. The van der Waals surface area contributed by atoms with Gasteiger partial charge in [-0.3, -0.25) is 14.4 Å². The topological polar surface area (TPSA) is 173 Å². The fourth-order valence-electron chi connectivity index (χ4n) is 4.02. The van der Waals surface area contributed by atoms with Gasteiger partial charge in [0.1, 0.15) is 11.7 Å². The average molecular weight is 537 g/mol. The van der Waals surface area contributed by atoms with E-state index in [-0.39, 0.29) is 63.0 Å². The van der Waals surface area contributed by atoms with Crippen molar-refractivity contribution in [1.82, 2.24) is 40.1 Å². The molecule has 2 N–H and O–H groups in total. The van der Waals surface area contributed by atoms with Crippen LogP contribution in [0.2, 0.25) is 0 Å². The van der Waals surface area contributed by atoms with E-state index in [1.165, 1.54) is 26.7 Å². The summed E-state index contributed by atoms with van der Waals surface area (Å²) in [6, 6.07) is 9.32. The first-order valence-corrected chi connectivity index (χ1v) is 12.4. The largest absolute Gasteiger partial charge is 0.481 e. The van der Waals surface area contributed by atoms with Crippen molar-refractivity contribution in [3.63, 3.8) is 0 Å². The Hall–Kier alpha value is -4.88. The number of carboxylic acids is 1. The van der Waals surface area contributed by atoms with Crippen LogP contribution in [0.25, 0.3) is 17.2 Å². The molecule has 204 valence electrons. The molecule has 1 aliphatic heterocycles. The lowest BCUT2D eigenvalue weighted by Gasteiger charge is -2.35. The zero-order chi connectivity index (χ0) is 27.8. The highest BCUT2D eigenvalue weighted by Crippen LogP contribution is 2.18. The smallest absolute Gasteiger partial charge is 0.409 e. The second kappa shape index (κ2) is 12.6. The first-order chi connectivity index (χ1) is 18.9. The maximum absolute atomic E-state index is 13.4. The van der Waals surface area contributed by atoms with Crippen molar-refractivity contribution in [3.05, 3.63) is 54.5 Å². The van der Waals surface area contributed by atoms with Gasteiger partial charge in [-0.15, -0.1) is 5.10 Å². The van der Waals surface area contributed by atoms with Crippen molar-refractivity contribution in [2.45, 2.75) is 25.8 Å². The highest BCUT2D eigenvalue weighted by molar-refractivity contribution is 5.97. The summed E-state index contributed by atoms with van der Waals surface area (Å²) in [7, 11) is 0. The monoisotopic (exact) mass is 536 g/mol. The predicted octanol–water partition coefficient (Wildman–Crippen LogP) is 0.988. The van der Waals surface area contributed by atoms with E-state index in [1.807, 2.05) is 18.2 Å². The number of carbonyl (C=O) groups excluding carboxylic acids is 3. The van der Waals surface area contributed by atoms with Gasteiger partial charge >= 0.3 is 12.1 Å². The zero-order valence-electron chi connectivity index (χ0n) is 21.3. The lowest BCUT2D eigenvalue weighted by Crippen LogP contribution is -2.56. The van der Waals surface area contributed by atoms with Gasteiger partial charge < -0.3 is 25.0 Å². The number of ether oxygens (including phenoxy) is 1. The molecule has 3 amide bonds. The maximum Gasteiger partial charge on any atom is 0.409 e. The Labute approximate surface area is 223 Å². The van der Waals surface area contributed by atoms with Crippen LogP contribution in [0.1, 0.15) is 30.3 Å². The van der Waals surface area contributed by atoms with Gasteiger partial charge in [0.15, 0.2) is 11.6 Å². The summed E-state index contributed by atoms with van der Waals surface area (Å²) in [5.41, 5.74) is 0.626. The van der Waals surface area contributed by atoms with Crippen LogP contribution in [-0.2, 0) is 14.3 Å². The van der Waals surface area contributed by atoms with Gasteiger partial charge in [0.2, 0.25) is 5.91 Å². The van der Waals surface area contributed by atoms with Gasteiger partial charge in [0, 0.05) is 44.2 Å². The van der Waals surface area contributed by atoms with Crippen molar-refractivity contribution >= 4 is 23.9 Å². The molecular formula is C25H28N8O6. The minimum absolute atomic E-state index is 0.0328. The number of carbonyl (C=O) groups is 4. The summed E-state index contributed by atoms with van der Waals surface area (Å²) >= 11 is 0. The Morgan fingerprint density at radius 1 is 1.05 bits per heavy atom. The van der Waals surface area contributed by atoms with E-state index in [1.54, 1.807) is 25.3 Å². The van der Waals surface area contributed by atoms with Crippen LogP contribution in [-0.4, -0.2) is 103 Å². The van der Waals surface area contributed by atoms with Crippen LogP contribution in [0, 0.1) is 0 Å². The molecule has 1 atom stereocenters. The van der Waals surface area contributed by atoms with E-state index in [4.69, 9.17) is 4.74 Å². The normalized spacial score (nSPS) is 14.0. The molecule has 0 spiro atoms. The Bertz CT molecular complexity index is 1310. The number of hydrogen-bond donors (Lipinski definition) is 2. The quantitative estimate of drug-likeness (QED) is 0.401. The van der Waals surface area contributed by atoms with Crippen molar-refractivity contribution in [3.8, 4) is 17.2 Å². The summed E-state index contributed by atoms with van der Waals surface area (Å²) in [6.07, 6.45) is 2.12. The van der Waals surface area contributed by atoms with Gasteiger partial charge in [-0.25, -0.2) is 19.4 Å². The molecule has 0 saturated carbocycles. The van der Waals surface area contributed by atoms with Crippen LogP contribution in [0.4, 0.5) is 4.79 Å². The predicted molar refractivity (Wildman–Crippen MR) is 136 cm³/mol. The van der Waals surface area contributed by atoms with Crippen molar-refractivity contribution in [2.24, 2.45) is 0 Å². The van der Waals surface area contributed by atoms with Gasteiger partial charge in [-0.05, 0) is 13.3 Å². The van der Waals surface area contributed by atoms with Gasteiger partial charge in [-0.1, -0.05) is 35.5 Å². The molecule has 1 unspecified atom stereocenters. The molecule has 2 aromatic heterocycles. The third-order valence-corrected chi connectivity index (χ3v) is 6.00. The Morgan fingerprint density at radius 2 is 1.77 bits per heavy atom. The molecule has 39 heavy (non-hydrogen) atoms. The third-order valence-electron chi connectivity index (χ3n) is 6.00. The van der Waals surface area contributed by atoms with E-state index in [2.05, 4.69) is 25.6 Å². The van der Waals surface area contributed by atoms with Crippen LogP contribution in [0.15, 0.2) is 48.8 Å². The van der Waals surface area contributed by atoms with Crippen LogP contribution >= 0.6 is 0 Å². The SMILES string of the molecule is CCOC(=O)N1CCN(C(=O)C(CCC(=O)O)NC(=O)c2cc(-n3ccnn3)nc(-c3ccccc3)n2)CC1. The zero-order valence-corrected chi connectivity index (χ0v) is 21.3. The number of carboxylic acid groups (broad SMARTS) is 1. The molecule has 1 aromatic carbocycles. The molecule has 1 saturated heterocycles. The molecule has 4 rings (SSSR count). The van der Waals surface area contributed by atoms with Crippen molar-refractivity contribution < 1.29 is 29.0 Å². The molecule has 0 aliphatic carbocycles. The van der Waals surface area contributed by atoms with E-state index < -0.39 is 29.9 Å². The lowest BCUT2D eigenvalue weighted by atomic mass is 10.1. The van der Waals surface area contributed by atoms with Crippen LogP contribution < -0.4 is 5.32 Å². The van der Waals surface area contributed by atoms with Gasteiger partial charge in [-0.2, -0.15) is 0 Å². The Balaban J connectivity index is 1.55. The summed E-state index contributed by atoms with van der Waals surface area (Å²) in [5.74, 6) is -1.67. The number of piperazine rings is 1. The van der Waals surface area contributed by atoms with E-state index in [9.17, 15) is 24.3 Å². The standard InChI is InChI=1S/C25H28N8O6/c1-2-39-25(38)32-14-12-31(13-15-32)24(37)18(8-9-21(34)35)28-23(36)19-16-20(33-11-10-26-30-33)29-22(27-19)17-6-4-3-5-7-17/h3-7,10-11,16,18H,2,8-9,12-15H2,1H3,(H,28,36)(H,34,35). The van der Waals surface area contributed by atoms with Gasteiger partial charge in [0.05, 0.1) is 19.0 Å². The number of nitrogens with zero attached hydrogens (tertiary/aromatic N) is 7. The van der Waals surface area contributed by atoms with Crippen LogP contribution in [0.5, 0.6) is 0 Å². The third kappa shape index (κ3) is 6.91. The lowest BCUT2D eigenvalue weighted by molar-refractivity contribution is -0.138. The molecule has 0 radical (unpaired) electrons. The fraction of sp³-hybridized carbons (Fsp3) is 0.360. The number of hydrogen-bond acceptors (Lipinski definition) is 9. The Kier molecular flexibility index (Phi) is 8.76. The molecule has 1 aliphatic rings. The van der Waals surface area contributed by atoms with E-state index in [0.717, 1.165) is 0 Å². The molecule has 3 aromatic rings. The molecule has 14 nitrogen and oxygen atoms in total. The summed E-state index contributed by atoms with van der Waals surface area (Å²) in [6.45, 7) is 2.92.